The van der Waals surface area contributed by atoms with Crippen LogP contribution in [-0.2, 0) is 11.3 Å². The van der Waals surface area contributed by atoms with E-state index in [1.165, 1.54) is 0 Å². The van der Waals surface area contributed by atoms with E-state index in [2.05, 4.69) is 4.98 Å². The predicted octanol–water partition coefficient (Wildman–Crippen LogP) is 4.61. The number of esters is 1. The van der Waals surface area contributed by atoms with Gasteiger partial charge in [0.05, 0.1) is 17.9 Å². The number of nitrogens with zero attached hydrogens (tertiary/aromatic N) is 1. The van der Waals surface area contributed by atoms with Crippen molar-refractivity contribution in [2.45, 2.75) is 27.4 Å². The Balaban J connectivity index is 1.93. The maximum atomic E-state index is 12.3. The molecule has 0 N–H and O–H groups in total. The molecule has 0 amide bonds. The fraction of sp³-hybridized carbons (Fsp3) is 0.238. The third-order valence-electron chi connectivity index (χ3n) is 4.02. The summed E-state index contributed by atoms with van der Waals surface area (Å²) in [7, 11) is 0. The van der Waals surface area contributed by atoms with E-state index in [4.69, 9.17) is 9.47 Å². The Morgan fingerprint density at radius 3 is 2.64 bits per heavy atom. The molecule has 1 heterocycles. The molecule has 4 nitrogen and oxygen atoms in total. The number of carbonyl (C=O) groups excluding carboxylic acids is 1. The van der Waals surface area contributed by atoms with Gasteiger partial charge in [0.15, 0.2) is 0 Å². The molecule has 0 aliphatic heterocycles. The third-order valence-corrected chi connectivity index (χ3v) is 4.02. The van der Waals surface area contributed by atoms with Crippen LogP contribution in [0.15, 0.2) is 48.5 Å². The minimum atomic E-state index is -0.357. The average molecular weight is 335 g/mol. The molecule has 0 aliphatic rings. The summed E-state index contributed by atoms with van der Waals surface area (Å²) in [6, 6.07) is 15.9. The smallest absolute Gasteiger partial charge is 0.340 e. The molecule has 128 valence electrons. The second-order valence-electron chi connectivity index (χ2n) is 5.87. The van der Waals surface area contributed by atoms with E-state index in [0.717, 1.165) is 27.8 Å². The van der Waals surface area contributed by atoms with E-state index in [9.17, 15) is 4.79 Å². The summed E-state index contributed by atoms with van der Waals surface area (Å²) in [5.74, 6) is 0.434. The molecule has 3 rings (SSSR count). The Morgan fingerprint density at radius 2 is 1.84 bits per heavy atom. The van der Waals surface area contributed by atoms with E-state index < -0.39 is 0 Å². The monoisotopic (exact) mass is 335 g/mol. The van der Waals surface area contributed by atoms with Crippen LogP contribution >= 0.6 is 0 Å². The molecule has 2 aromatic carbocycles. The van der Waals surface area contributed by atoms with E-state index >= 15 is 0 Å². The van der Waals surface area contributed by atoms with Gasteiger partial charge < -0.3 is 9.47 Å². The lowest BCUT2D eigenvalue weighted by Gasteiger charge is -2.14. The highest BCUT2D eigenvalue weighted by Crippen LogP contribution is 2.27. The quantitative estimate of drug-likeness (QED) is 0.639. The van der Waals surface area contributed by atoms with Gasteiger partial charge in [-0.15, -0.1) is 0 Å². The van der Waals surface area contributed by atoms with Crippen molar-refractivity contribution in [3.05, 3.63) is 71.0 Å². The second kappa shape index (κ2) is 7.34. The normalized spacial score (nSPS) is 10.7. The van der Waals surface area contributed by atoms with Crippen molar-refractivity contribution in [1.29, 1.82) is 0 Å². The first-order valence-electron chi connectivity index (χ1n) is 8.35. The number of carbonyl (C=O) groups is 1. The van der Waals surface area contributed by atoms with Gasteiger partial charge in [-0.3, -0.25) is 4.98 Å². The molecule has 3 aromatic rings. The maximum Gasteiger partial charge on any atom is 0.340 e. The van der Waals surface area contributed by atoms with Crippen LogP contribution in [0.5, 0.6) is 5.75 Å². The van der Waals surface area contributed by atoms with Crippen LogP contribution in [0.1, 0.15) is 34.2 Å². The summed E-state index contributed by atoms with van der Waals surface area (Å²) in [5, 5.41) is 2.16. The van der Waals surface area contributed by atoms with E-state index in [0.29, 0.717) is 17.9 Å². The lowest BCUT2D eigenvalue weighted by molar-refractivity contribution is 0.0522. The van der Waals surface area contributed by atoms with Crippen molar-refractivity contribution >= 4 is 16.7 Å². The lowest BCUT2D eigenvalue weighted by Crippen LogP contribution is -2.14. The zero-order chi connectivity index (χ0) is 17.8. The summed E-state index contributed by atoms with van der Waals surface area (Å²) in [6.45, 7) is 6.13. The van der Waals surface area contributed by atoms with Crippen molar-refractivity contribution in [2.75, 3.05) is 6.61 Å². The van der Waals surface area contributed by atoms with Crippen molar-refractivity contribution < 1.29 is 14.3 Å². The number of aryl methyl sites for hydroxylation is 2. The molecular formula is C21H21NO3. The number of pyridine rings is 1. The molecule has 25 heavy (non-hydrogen) atoms. The number of hydrogen-bond acceptors (Lipinski definition) is 4. The third kappa shape index (κ3) is 3.63. The van der Waals surface area contributed by atoms with Crippen LogP contribution in [0.3, 0.4) is 0 Å². The van der Waals surface area contributed by atoms with Gasteiger partial charge in [-0.25, -0.2) is 4.79 Å². The van der Waals surface area contributed by atoms with Gasteiger partial charge in [0, 0.05) is 16.6 Å². The fourth-order valence-electron chi connectivity index (χ4n) is 2.98. The first-order chi connectivity index (χ1) is 12.1. The summed E-state index contributed by atoms with van der Waals surface area (Å²) in [5.41, 5.74) is 2.79. The van der Waals surface area contributed by atoms with Crippen LogP contribution in [0.4, 0.5) is 0 Å². The molecule has 1 aromatic heterocycles. The van der Waals surface area contributed by atoms with E-state index in [1.54, 1.807) is 6.92 Å². The SMILES string of the molecule is CCOC(=O)c1c(COc2cccc3ccccc23)cc(C)nc1C. The van der Waals surface area contributed by atoms with E-state index in [1.807, 2.05) is 62.4 Å². The molecule has 0 aliphatic carbocycles. The molecular weight excluding hydrogens is 314 g/mol. The molecule has 0 saturated heterocycles. The molecule has 0 fully saturated rings. The highest BCUT2D eigenvalue weighted by Gasteiger charge is 2.18. The van der Waals surface area contributed by atoms with Crippen LogP contribution in [0.25, 0.3) is 10.8 Å². The first-order valence-corrected chi connectivity index (χ1v) is 8.35. The Labute approximate surface area is 147 Å². The van der Waals surface area contributed by atoms with Gasteiger partial charge in [0.25, 0.3) is 0 Å². The van der Waals surface area contributed by atoms with Crippen molar-refractivity contribution in [3.8, 4) is 5.75 Å². The van der Waals surface area contributed by atoms with Gasteiger partial charge in [-0.2, -0.15) is 0 Å². The minimum absolute atomic E-state index is 0.284. The van der Waals surface area contributed by atoms with Crippen LogP contribution in [0, 0.1) is 13.8 Å². The topological polar surface area (TPSA) is 48.4 Å². The van der Waals surface area contributed by atoms with Gasteiger partial charge >= 0.3 is 5.97 Å². The number of aromatic nitrogens is 1. The van der Waals surface area contributed by atoms with E-state index in [-0.39, 0.29) is 12.6 Å². The second-order valence-corrected chi connectivity index (χ2v) is 5.87. The van der Waals surface area contributed by atoms with Crippen LogP contribution < -0.4 is 4.74 Å². The fourth-order valence-corrected chi connectivity index (χ4v) is 2.98. The zero-order valence-electron chi connectivity index (χ0n) is 14.7. The molecule has 4 heteroatoms. The number of ether oxygens (including phenoxy) is 2. The van der Waals surface area contributed by atoms with Gasteiger partial charge in [0.2, 0.25) is 0 Å². The standard InChI is InChI=1S/C21H21NO3/c1-4-24-21(23)20-15(3)22-14(2)12-17(20)13-25-19-11-7-9-16-8-5-6-10-18(16)19/h5-12H,4,13H2,1-3H3. The summed E-state index contributed by atoms with van der Waals surface area (Å²) in [6.07, 6.45) is 0. The molecule has 0 radical (unpaired) electrons. The molecule has 0 unspecified atom stereocenters. The number of benzene rings is 2. The Hall–Kier alpha value is -2.88. The lowest BCUT2D eigenvalue weighted by atomic mass is 10.1. The predicted molar refractivity (Wildman–Crippen MR) is 97.9 cm³/mol. The summed E-state index contributed by atoms with van der Waals surface area (Å²) < 4.78 is 11.2. The summed E-state index contributed by atoms with van der Waals surface area (Å²) in [4.78, 5) is 16.7. The van der Waals surface area contributed by atoms with Crippen LogP contribution in [-0.4, -0.2) is 17.6 Å². The first kappa shape index (κ1) is 17.0. The zero-order valence-corrected chi connectivity index (χ0v) is 14.7. The van der Waals surface area contributed by atoms with Crippen LogP contribution in [0.2, 0.25) is 0 Å². The minimum Gasteiger partial charge on any atom is -0.488 e. The Morgan fingerprint density at radius 1 is 1.08 bits per heavy atom. The average Bonchev–Trinajstić information content (AvgIpc) is 2.59. The van der Waals surface area contributed by atoms with Crippen molar-refractivity contribution in [3.63, 3.8) is 0 Å². The maximum absolute atomic E-state index is 12.3. The largest absolute Gasteiger partial charge is 0.488 e. The van der Waals surface area contributed by atoms with Gasteiger partial charge in [0.1, 0.15) is 12.4 Å². The molecule has 0 saturated carbocycles. The molecule has 0 bridgehead atoms. The number of rotatable bonds is 5. The molecule has 0 spiro atoms. The highest BCUT2D eigenvalue weighted by atomic mass is 16.5. The Kier molecular flexibility index (Phi) is 4.98. The molecule has 0 atom stereocenters. The van der Waals surface area contributed by atoms with Crippen molar-refractivity contribution in [2.24, 2.45) is 0 Å². The highest BCUT2D eigenvalue weighted by molar-refractivity contribution is 5.92. The summed E-state index contributed by atoms with van der Waals surface area (Å²) >= 11 is 0. The number of hydrogen-bond donors (Lipinski definition) is 0. The van der Waals surface area contributed by atoms with Crippen molar-refractivity contribution in [1.82, 2.24) is 4.98 Å². The van der Waals surface area contributed by atoms with Gasteiger partial charge in [-0.1, -0.05) is 36.4 Å². The number of fused-ring (bicyclic) bond motifs is 1. The Bertz CT molecular complexity index is 913. The van der Waals surface area contributed by atoms with Gasteiger partial charge in [-0.05, 0) is 38.3 Å².